The van der Waals surface area contributed by atoms with E-state index in [2.05, 4.69) is 15.3 Å². The predicted octanol–water partition coefficient (Wildman–Crippen LogP) is 6.24. The minimum Gasteiger partial charge on any atom is -0.462 e. The number of rotatable bonds is 6. The number of nitrogen functional groups attached to an aromatic ring is 1. The average Bonchev–Trinajstić information content (AvgIpc) is 3.67. The first-order valence-corrected chi connectivity index (χ1v) is 15.8. The quantitative estimate of drug-likeness (QED) is 0.234. The van der Waals surface area contributed by atoms with E-state index < -0.39 is 30.4 Å². The number of hydrogen-bond acceptors (Lipinski definition) is 9. The van der Waals surface area contributed by atoms with E-state index in [1.54, 1.807) is 6.07 Å². The van der Waals surface area contributed by atoms with Gasteiger partial charge in [0.2, 0.25) is 0 Å². The minimum absolute atomic E-state index is 0.00643. The Kier molecular flexibility index (Phi) is 7.63. The molecule has 0 spiro atoms. The summed E-state index contributed by atoms with van der Waals surface area (Å²) < 4.78 is 77.0. The molecule has 4 aromatic rings. The van der Waals surface area contributed by atoms with Gasteiger partial charge in [0.15, 0.2) is 5.82 Å². The summed E-state index contributed by atoms with van der Waals surface area (Å²) in [7, 11) is 0. The van der Waals surface area contributed by atoms with E-state index in [1.807, 2.05) is 11.0 Å². The zero-order valence-electron chi connectivity index (χ0n) is 23.7. The van der Waals surface area contributed by atoms with Crippen molar-refractivity contribution in [1.82, 2.24) is 20.2 Å². The first-order chi connectivity index (χ1) is 21.5. The second kappa shape index (κ2) is 11.4. The summed E-state index contributed by atoms with van der Waals surface area (Å²) >= 11 is 7.65. The van der Waals surface area contributed by atoms with Gasteiger partial charge in [0.05, 0.1) is 21.8 Å². The Balaban J connectivity index is 1.35. The van der Waals surface area contributed by atoms with Gasteiger partial charge in [0.25, 0.3) is 0 Å². The molecule has 3 atom stereocenters. The van der Waals surface area contributed by atoms with Crippen molar-refractivity contribution in [3.8, 4) is 23.2 Å². The van der Waals surface area contributed by atoms with Gasteiger partial charge in [0, 0.05) is 47.6 Å². The van der Waals surface area contributed by atoms with Crippen molar-refractivity contribution in [2.24, 2.45) is 0 Å². The van der Waals surface area contributed by atoms with Crippen LogP contribution in [0.1, 0.15) is 31.2 Å². The second-order valence-corrected chi connectivity index (χ2v) is 13.2. The number of likely N-dealkylation sites (tertiary alicyclic amines) is 1. The standard InChI is InChI=1S/C30H27ClF5N7OS/c31-20-8-18-25(24(33)23(20)17-5-6-21(32)26-22(17)19(9-37)27(38)45-26)40-29(41-28(18)43-10-14-3-4-15(11-43)39-14)44-12-16-2-1-7-42(16)13-30(34,35)36/h5-6,8,14-16,39H,1-4,7,10-13,38H2/t14?,15?,16-/m0/s1. The van der Waals surface area contributed by atoms with Gasteiger partial charge < -0.3 is 20.7 Å². The number of aromatic nitrogens is 2. The molecule has 45 heavy (non-hydrogen) atoms. The predicted molar refractivity (Wildman–Crippen MR) is 163 cm³/mol. The number of fused-ring (bicyclic) bond motifs is 4. The molecule has 236 valence electrons. The van der Waals surface area contributed by atoms with Crippen LogP contribution in [-0.2, 0) is 0 Å². The van der Waals surface area contributed by atoms with Crippen molar-refractivity contribution >= 4 is 54.7 Å². The van der Waals surface area contributed by atoms with Gasteiger partial charge in [-0.1, -0.05) is 17.7 Å². The molecule has 3 N–H and O–H groups in total. The van der Waals surface area contributed by atoms with Gasteiger partial charge in [-0.15, -0.1) is 11.3 Å². The van der Waals surface area contributed by atoms with Gasteiger partial charge in [0.1, 0.15) is 34.8 Å². The van der Waals surface area contributed by atoms with Crippen molar-refractivity contribution < 1.29 is 26.7 Å². The van der Waals surface area contributed by atoms with E-state index in [0.717, 1.165) is 24.2 Å². The van der Waals surface area contributed by atoms with Crippen LogP contribution in [-0.4, -0.2) is 72.0 Å². The molecule has 0 saturated carbocycles. The molecule has 15 heteroatoms. The number of ether oxygens (including phenoxy) is 1. The highest BCUT2D eigenvalue weighted by Gasteiger charge is 2.37. The maximum Gasteiger partial charge on any atom is 0.401 e. The molecule has 3 aliphatic rings. The number of nitrogens with one attached hydrogen (secondary N) is 1. The third-order valence-corrected chi connectivity index (χ3v) is 10.2. The van der Waals surface area contributed by atoms with Crippen LogP contribution in [0.5, 0.6) is 6.01 Å². The normalized spacial score (nSPS) is 22.1. The Morgan fingerprint density at radius 3 is 2.62 bits per heavy atom. The highest BCUT2D eigenvalue weighted by molar-refractivity contribution is 7.23. The van der Waals surface area contributed by atoms with Gasteiger partial charge in [-0.25, -0.2) is 8.78 Å². The van der Waals surface area contributed by atoms with Crippen molar-refractivity contribution in [2.45, 2.75) is 50.0 Å². The largest absolute Gasteiger partial charge is 0.462 e. The van der Waals surface area contributed by atoms with Gasteiger partial charge in [-0.2, -0.15) is 28.4 Å². The van der Waals surface area contributed by atoms with E-state index in [4.69, 9.17) is 22.1 Å². The van der Waals surface area contributed by atoms with Crippen LogP contribution >= 0.6 is 22.9 Å². The summed E-state index contributed by atoms with van der Waals surface area (Å²) in [5, 5.41) is 13.9. The van der Waals surface area contributed by atoms with Gasteiger partial charge in [-0.05, 0) is 49.9 Å². The molecule has 0 radical (unpaired) electrons. The molecule has 3 fully saturated rings. The molecule has 2 unspecified atom stereocenters. The van der Waals surface area contributed by atoms with Crippen LogP contribution in [0.3, 0.4) is 0 Å². The summed E-state index contributed by atoms with van der Waals surface area (Å²) in [6, 6.07) is 5.82. The molecule has 0 aliphatic carbocycles. The molecule has 7 rings (SSSR count). The SMILES string of the molecule is N#Cc1c(N)sc2c(F)ccc(-c3c(Cl)cc4c(N5CC6CCC(C5)N6)nc(OC[C@@H]5CCCN5CC(F)(F)F)nc4c3F)c12. The minimum atomic E-state index is -4.35. The summed E-state index contributed by atoms with van der Waals surface area (Å²) in [5.41, 5.74) is 6.00. The summed E-state index contributed by atoms with van der Waals surface area (Å²) in [4.78, 5) is 12.4. The van der Waals surface area contributed by atoms with Crippen molar-refractivity contribution in [3.05, 3.63) is 40.4 Å². The maximum absolute atomic E-state index is 16.8. The zero-order chi connectivity index (χ0) is 31.6. The zero-order valence-corrected chi connectivity index (χ0v) is 25.3. The number of piperazine rings is 1. The highest BCUT2D eigenvalue weighted by atomic mass is 35.5. The molecule has 2 aromatic carbocycles. The Morgan fingerprint density at radius 1 is 1.16 bits per heavy atom. The molecular weight excluding hydrogens is 637 g/mol. The average molecular weight is 664 g/mol. The van der Waals surface area contributed by atoms with E-state index >= 15 is 4.39 Å². The molecule has 5 heterocycles. The number of anilines is 2. The van der Waals surface area contributed by atoms with E-state index in [0.29, 0.717) is 43.7 Å². The molecule has 2 bridgehead atoms. The molecule has 3 aliphatic heterocycles. The number of nitrogens with two attached hydrogens (primary N) is 1. The smallest absolute Gasteiger partial charge is 0.401 e. The van der Waals surface area contributed by atoms with Crippen LogP contribution in [0.2, 0.25) is 5.02 Å². The number of nitriles is 1. The topological polar surface area (TPSA) is 103 Å². The number of thiophene rings is 1. The lowest BCUT2D eigenvalue weighted by Crippen LogP contribution is -2.51. The molecular formula is C30H27ClF5N7OS. The summed E-state index contributed by atoms with van der Waals surface area (Å²) in [6.07, 6.45) is -1.28. The van der Waals surface area contributed by atoms with Crippen LogP contribution < -0.4 is 20.7 Å². The van der Waals surface area contributed by atoms with Crippen LogP contribution in [0.25, 0.3) is 32.1 Å². The van der Waals surface area contributed by atoms with E-state index in [-0.39, 0.29) is 67.0 Å². The lowest BCUT2D eigenvalue weighted by molar-refractivity contribution is -0.148. The number of alkyl halides is 3. The molecule has 3 saturated heterocycles. The Morgan fingerprint density at radius 2 is 1.91 bits per heavy atom. The number of nitrogens with zero attached hydrogens (tertiary/aromatic N) is 5. The Labute approximate surface area is 263 Å². The third kappa shape index (κ3) is 5.49. The number of benzene rings is 2. The molecule has 0 amide bonds. The lowest BCUT2D eigenvalue weighted by atomic mass is 9.97. The molecule has 2 aromatic heterocycles. The number of halogens is 6. The van der Waals surface area contributed by atoms with E-state index in [1.165, 1.54) is 17.0 Å². The third-order valence-electron chi connectivity index (χ3n) is 8.84. The first kappa shape index (κ1) is 30.2. The van der Waals surface area contributed by atoms with Crippen molar-refractivity contribution in [3.63, 3.8) is 0 Å². The maximum atomic E-state index is 16.8. The Hall–Kier alpha value is -3.51. The lowest BCUT2D eigenvalue weighted by Gasteiger charge is -2.34. The summed E-state index contributed by atoms with van der Waals surface area (Å²) in [5.74, 6) is -1.03. The Bertz CT molecular complexity index is 1850. The van der Waals surface area contributed by atoms with Crippen molar-refractivity contribution in [1.29, 1.82) is 5.26 Å². The van der Waals surface area contributed by atoms with Crippen LogP contribution in [0, 0.1) is 23.0 Å². The fraction of sp³-hybridized carbons (Fsp3) is 0.433. The fourth-order valence-electron chi connectivity index (χ4n) is 6.88. The monoisotopic (exact) mass is 663 g/mol. The molecule has 8 nitrogen and oxygen atoms in total. The fourth-order valence-corrected chi connectivity index (χ4v) is 8.13. The first-order valence-electron chi connectivity index (χ1n) is 14.6. The van der Waals surface area contributed by atoms with Crippen LogP contribution in [0.4, 0.5) is 32.8 Å². The van der Waals surface area contributed by atoms with Gasteiger partial charge >= 0.3 is 12.2 Å². The summed E-state index contributed by atoms with van der Waals surface area (Å²) in [6.45, 7) is 0.344. The second-order valence-electron chi connectivity index (χ2n) is 11.8. The van der Waals surface area contributed by atoms with Crippen LogP contribution in [0.15, 0.2) is 18.2 Å². The number of hydrogen-bond donors (Lipinski definition) is 2. The van der Waals surface area contributed by atoms with E-state index in [9.17, 15) is 22.8 Å². The highest BCUT2D eigenvalue weighted by Crippen LogP contribution is 2.46. The van der Waals surface area contributed by atoms with Crippen molar-refractivity contribution in [2.75, 3.05) is 43.4 Å². The van der Waals surface area contributed by atoms with Gasteiger partial charge in [-0.3, -0.25) is 4.90 Å².